The van der Waals surface area contributed by atoms with Gasteiger partial charge in [0.25, 0.3) is 5.69 Å². The molecule has 1 aromatic carbocycles. The first-order valence-electron chi connectivity index (χ1n) is 5.26. The minimum Gasteiger partial charge on any atom is -0.387 e. The third-order valence-corrected chi connectivity index (χ3v) is 2.52. The van der Waals surface area contributed by atoms with E-state index in [1.165, 1.54) is 31.2 Å². The van der Waals surface area contributed by atoms with E-state index in [-0.39, 0.29) is 18.1 Å². The maximum absolute atomic E-state index is 11.2. The van der Waals surface area contributed by atoms with Gasteiger partial charge in [0.2, 0.25) is 5.91 Å². The number of carbonyl (C=O) groups excluding carboxylic acids is 1. The van der Waals surface area contributed by atoms with Gasteiger partial charge in [0.1, 0.15) is 5.38 Å². The first-order chi connectivity index (χ1) is 8.41. The number of nitro benzene ring substituents is 1. The predicted octanol–water partition coefficient (Wildman–Crippen LogP) is 1.37. The molecule has 0 aliphatic carbocycles. The van der Waals surface area contributed by atoms with Crippen LogP contribution in [0.1, 0.15) is 18.6 Å². The standard InChI is InChI=1S/C11H13ClN2O4/c1-7(12)11(16)13-6-10(15)8-2-4-9(5-3-8)14(17)18/h2-5,7,10,15H,6H2,1H3,(H,13,16). The molecule has 1 rings (SSSR count). The van der Waals surface area contributed by atoms with E-state index in [0.29, 0.717) is 5.56 Å². The fourth-order valence-corrected chi connectivity index (χ4v) is 1.35. The van der Waals surface area contributed by atoms with E-state index in [1.54, 1.807) is 0 Å². The molecule has 7 heteroatoms. The van der Waals surface area contributed by atoms with Gasteiger partial charge in [0, 0.05) is 18.7 Å². The summed E-state index contributed by atoms with van der Waals surface area (Å²) < 4.78 is 0. The molecule has 0 heterocycles. The van der Waals surface area contributed by atoms with Crippen molar-refractivity contribution in [3.63, 3.8) is 0 Å². The van der Waals surface area contributed by atoms with E-state index >= 15 is 0 Å². The second-order valence-corrected chi connectivity index (χ2v) is 4.38. The maximum Gasteiger partial charge on any atom is 0.269 e. The van der Waals surface area contributed by atoms with Crippen molar-refractivity contribution >= 4 is 23.2 Å². The molecule has 1 amide bonds. The summed E-state index contributed by atoms with van der Waals surface area (Å²) in [6, 6.07) is 5.48. The number of rotatable bonds is 5. The van der Waals surface area contributed by atoms with E-state index in [4.69, 9.17) is 11.6 Å². The van der Waals surface area contributed by atoms with Gasteiger partial charge in [-0.1, -0.05) is 0 Å². The number of hydrogen-bond donors (Lipinski definition) is 2. The molecule has 2 N–H and O–H groups in total. The molecule has 0 aliphatic heterocycles. The van der Waals surface area contributed by atoms with Crippen molar-refractivity contribution in [1.29, 1.82) is 0 Å². The Labute approximate surface area is 109 Å². The van der Waals surface area contributed by atoms with Crippen LogP contribution >= 0.6 is 11.6 Å². The number of aliphatic hydroxyl groups excluding tert-OH is 1. The normalized spacial score (nSPS) is 13.7. The number of aliphatic hydroxyl groups is 1. The summed E-state index contributed by atoms with van der Waals surface area (Å²) >= 11 is 5.54. The van der Waals surface area contributed by atoms with Gasteiger partial charge in [-0.25, -0.2) is 0 Å². The van der Waals surface area contributed by atoms with Gasteiger partial charge in [-0.05, 0) is 24.6 Å². The number of non-ortho nitro benzene ring substituents is 1. The van der Waals surface area contributed by atoms with E-state index in [2.05, 4.69) is 5.32 Å². The minimum absolute atomic E-state index is 0.00764. The topological polar surface area (TPSA) is 92.5 Å². The molecule has 0 fully saturated rings. The van der Waals surface area contributed by atoms with Crippen molar-refractivity contribution in [3.05, 3.63) is 39.9 Å². The van der Waals surface area contributed by atoms with Crippen LogP contribution in [0.2, 0.25) is 0 Å². The van der Waals surface area contributed by atoms with Crippen LogP contribution in [0, 0.1) is 10.1 Å². The lowest BCUT2D eigenvalue weighted by molar-refractivity contribution is -0.384. The van der Waals surface area contributed by atoms with Crippen LogP contribution in [0.15, 0.2) is 24.3 Å². The number of nitro groups is 1. The Bertz CT molecular complexity index is 433. The van der Waals surface area contributed by atoms with Crippen LogP contribution < -0.4 is 5.32 Å². The Hall–Kier alpha value is -1.66. The lowest BCUT2D eigenvalue weighted by Gasteiger charge is -2.12. The molecule has 98 valence electrons. The average Bonchev–Trinajstić information content (AvgIpc) is 2.35. The highest BCUT2D eigenvalue weighted by atomic mass is 35.5. The first-order valence-corrected chi connectivity index (χ1v) is 5.69. The molecule has 0 saturated carbocycles. The molecule has 6 nitrogen and oxygen atoms in total. The maximum atomic E-state index is 11.2. The molecule has 18 heavy (non-hydrogen) atoms. The Morgan fingerprint density at radius 3 is 2.50 bits per heavy atom. The van der Waals surface area contributed by atoms with Gasteiger partial charge in [-0.15, -0.1) is 11.6 Å². The van der Waals surface area contributed by atoms with Crippen molar-refractivity contribution in [2.75, 3.05) is 6.54 Å². The first kappa shape index (κ1) is 14.4. The Morgan fingerprint density at radius 2 is 2.06 bits per heavy atom. The molecule has 0 bridgehead atoms. The largest absolute Gasteiger partial charge is 0.387 e. The molecule has 0 radical (unpaired) electrons. The molecule has 0 saturated heterocycles. The zero-order chi connectivity index (χ0) is 13.7. The van der Waals surface area contributed by atoms with Crippen molar-refractivity contribution < 1.29 is 14.8 Å². The third-order valence-electron chi connectivity index (χ3n) is 2.32. The van der Waals surface area contributed by atoms with E-state index in [9.17, 15) is 20.0 Å². The number of nitrogens with one attached hydrogen (secondary N) is 1. The second kappa shape index (κ2) is 6.32. The second-order valence-electron chi connectivity index (χ2n) is 3.73. The molecule has 0 aromatic heterocycles. The van der Waals surface area contributed by atoms with Gasteiger partial charge in [0.05, 0.1) is 11.0 Å². The van der Waals surface area contributed by atoms with Gasteiger partial charge in [0.15, 0.2) is 0 Å². The van der Waals surface area contributed by atoms with E-state index in [1.807, 2.05) is 0 Å². The Kier molecular flexibility index (Phi) is 5.06. The Morgan fingerprint density at radius 1 is 1.50 bits per heavy atom. The minimum atomic E-state index is -0.926. The lowest BCUT2D eigenvalue weighted by Crippen LogP contribution is -2.33. The van der Waals surface area contributed by atoms with Gasteiger partial charge < -0.3 is 10.4 Å². The molecular weight excluding hydrogens is 260 g/mol. The number of benzene rings is 1. The Balaban J connectivity index is 2.59. The molecule has 2 unspecified atom stereocenters. The van der Waals surface area contributed by atoms with Crippen molar-refractivity contribution in [3.8, 4) is 0 Å². The number of carbonyl (C=O) groups is 1. The fraction of sp³-hybridized carbons (Fsp3) is 0.364. The number of nitrogens with zero attached hydrogens (tertiary/aromatic N) is 1. The fourth-order valence-electron chi connectivity index (χ4n) is 1.27. The SMILES string of the molecule is CC(Cl)C(=O)NCC(O)c1ccc([N+](=O)[O-])cc1. The van der Waals surface area contributed by atoms with Gasteiger partial charge in [-0.2, -0.15) is 0 Å². The molecule has 0 aliphatic rings. The van der Waals surface area contributed by atoms with Crippen LogP contribution in [0.3, 0.4) is 0 Å². The molecular formula is C11H13ClN2O4. The van der Waals surface area contributed by atoms with Crippen LogP contribution in [0.4, 0.5) is 5.69 Å². The van der Waals surface area contributed by atoms with Crippen LogP contribution in [-0.4, -0.2) is 27.9 Å². The van der Waals surface area contributed by atoms with Crippen molar-refractivity contribution in [2.24, 2.45) is 0 Å². The smallest absolute Gasteiger partial charge is 0.269 e. The van der Waals surface area contributed by atoms with Crippen molar-refractivity contribution in [1.82, 2.24) is 5.32 Å². The number of halogens is 1. The summed E-state index contributed by atoms with van der Waals surface area (Å²) in [6.45, 7) is 1.53. The molecule has 0 spiro atoms. The summed E-state index contributed by atoms with van der Waals surface area (Å²) in [6.07, 6.45) is -0.926. The lowest BCUT2D eigenvalue weighted by atomic mass is 10.1. The van der Waals surface area contributed by atoms with E-state index in [0.717, 1.165) is 0 Å². The number of alkyl halides is 1. The van der Waals surface area contributed by atoms with Crippen LogP contribution in [0.5, 0.6) is 0 Å². The van der Waals surface area contributed by atoms with Gasteiger partial charge in [-0.3, -0.25) is 14.9 Å². The highest BCUT2D eigenvalue weighted by Crippen LogP contribution is 2.17. The summed E-state index contributed by atoms with van der Waals surface area (Å²) in [5.41, 5.74) is 0.437. The molecule has 2 atom stereocenters. The summed E-state index contributed by atoms with van der Waals surface area (Å²) in [5.74, 6) is -0.377. The summed E-state index contributed by atoms with van der Waals surface area (Å²) in [7, 11) is 0. The zero-order valence-electron chi connectivity index (χ0n) is 9.67. The van der Waals surface area contributed by atoms with Crippen LogP contribution in [-0.2, 0) is 4.79 Å². The quantitative estimate of drug-likeness (QED) is 0.481. The summed E-state index contributed by atoms with van der Waals surface area (Å²) in [4.78, 5) is 21.1. The molecule has 1 aromatic rings. The van der Waals surface area contributed by atoms with Crippen LogP contribution in [0.25, 0.3) is 0 Å². The number of hydrogen-bond acceptors (Lipinski definition) is 4. The predicted molar refractivity (Wildman–Crippen MR) is 66.4 cm³/mol. The zero-order valence-corrected chi connectivity index (χ0v) is 10.4. The summed E-state index contributed by atoms with van der Waals surface area (Å²) in [5, 5.41) is 22.0. The number of amides is 1. The highest BCUT2D eigenvalue weighted by Gasteiger charge is 2.13. The van der Waals surface area contributed by atoms with Crippen molar-refractivity contribution in [2.45, 2.75) is 18.4 Å². The highest BCUT2D eigenvalue weighted by molar-refractivity contribution is 6.30. The third kappa shape index (κ3) is 3.97. The average molecular weight is 273 g/mol. The monoisotopic (exact) mass is 272 g/mol. The van der Waals surface area contributed by atoms with Gasteiger partial charge >= 0.3 is 0 Å². The van der Waals surface area contributed by atoms with E-state index < -0.39 is 16.4 Å².